The van der Waals surface area contributed by atoms with E-state index in [1.54, 1.807) is 6.07 Å². The summed E-state index contributed by atoms with van der Waals surface area (Å²) in [5.74, 6) is -0.387. The molecule has 94 valence electrons. The molecule has 1 amide bonds. The first-order chi connectivity index (χ1) is 7.92. The Morgan fingerprint density at radius 3 is 2.53 bits per heavy atom. The molecule has 0 aromatic heterocycles. The lowest BCUT2D eigenvalue weighted by molar-refractivity contribution is -0.127. The first-order valence-electron chi connectivity index (χ1n) is 5.07. The van der Waals surface area contributed by atoms with Crippen LogP contribution in [-0.4, -0.2) is 18.6 Å². The summed E-state index contributed by atoms with van der Waals surface area (Å²) in [6, 6.07) is 5.85. The van der Waals surface area contributed by atoms with Crippen LogP contribution in [0.4, 0.5) is 18.9 Å². The molecular formula is C11H13F3N2O. The lowest BCUT2D eigenvalue weighted by Crippen LogP contribution is -2.19. The summed E-state index contributed by atoms with van der Waals surface area (Å²) in [5, 5.41) is 2.42. The first kappa shape index (κ1) is 13.5. The quantitative estimate of drug-likeness (QED) is 0.854. The zero-order valence-electron chi connectivity index (χ0n) is 9.05. The predicted molar refractivity (Wildman–Crippen MR) is 58.5 cm³/mol. The number of hydrogen-bond donors (Lipinski definition) is 2. The molecular weight excluding hydrogens is 233 g/mol. The zero-order valence-corrected chi connectivity index (χ0v) is 9.05. The van der Waals surface area contributed by atoms with Crippen molar-refractivity contribution in [1.29, 1.82) is 0 Å². The third-order valence-corrected chi connectivity index (χ3v) is 2.05. The van der Waals surface area contributed by atoms with Gasteiger partial charge in [-0.1, -0.05) is 18.2 Å². The average Bonchev–Trinajstić information content (AvgIpc) is 2.19. The standard InChI is InChI=1S/C11H13F3N2O/c12-11(13,14)7-8-3-1-2-4-9(8)16-10(17)5-6-15/h1-4H,5-7,15H2,(H,16,17). The average molecular weight is 246 g/mol. The fourth-order valence-electron chi connectivity index (χ4n) is 1.36. The second kappa shape index (κ2) is 5.67. The Morgan fingerprint density at radius 1 is 1.29 bits per heavy atom. The molecule has 0 bridgehead atoms. The Balaban J connectivity index is 2.81. The Hall–Kier alpha value is -1.56. The molecule has 3 N–H and O–H groups in total. The molecule has 0 saturated heterocycles. The largest absolute Gasteiger partial charge is 0.393 e. The number of para-hydroxylation sites is 1. The van der Waals surface area contributed by atoms with Gasteiger partial charge in [-0.15, -0.1) is 0 Å². The smallest absolute Gasteiger partial charge is 0.330 e. The van der Waals surface area contributed by atoms with Crippen LogP contribution in [0.2, 0.25) is 0 Å². The Kier molecular flexibility index (Phi) is 4.51. The van der Waals surface area contributed by atoms with Gasteiger partial charge in [0.25, 0.3) is 0 Å². The molecule has 1 aromatic rings. The van der Waals surface area contributed by atoms with Gasteiger partial charge in [-0.25, -0.2) is 0 Å². The molecule has 0 spiro atoms. The molecule has 1 rings (SSSR count). The van der Waals surface area contributed by atoms with Gasteiger partial charge in [0, 0.05) is 18.7 Å². The molecule has 0 aliphatic rings. The van der Waals surface area contributed by atoms with Gasteiger partial charge in [-0.2, -0.15) is 13.2 Å². The van der Waals surface area contributed by atoms with Crippen LogP contribution in [0, 0.1) is 0 Å². The van der Waals surface area contributed by atoms with E-state index in [2.05, 4.69) is 5.32 Å². The van der Waals surface area contributed by atoms with Crippen molar-refractivity contribution in [2.45, 2.75) is 19.0 Å². The number of carbonyl (C=O) groups excluding carboxylic acids is 1. The van der Waals surface area contributed by atoms with Gasteiger partial charge in [0.1, 0.15) is 0 Å². The van der Waals surface area contributed by atoms with Crippen molar-refractivity contribution in [2.75, 3.05) is 11.9 Å². The lowest BCUT2D eigenvalue weighted by atomic mass is 10.1. The predicted octanol–water partition coefficient (Wildman–Crippen LogP) is 2.08. The van der Waals surface area contributed by atoms with E-state index in [1.807, 2.05) is 0 Å². The molecule has 1 aromatic carbocycles. The van der Waals surface area contributed by atoms with Gasteiger partial charge in [-0.3, -0.25) is 4.79 Å². The summed E-state index contributed by atoms with van der Waals surface area (Å²) in [5.41, 5.74) is 5.41. The van der Waals surface area contributed by atoms with Crippen LogP contribution < -0.4 is 11.1 Å². The maximum absolute atomic E-state index is 12.3. The van der Waals surface area contributed by atoms with E-state index in [0.29, 0.717) is 0 Å². The monoisotopic (exact) mass is 246 g/mol. The van der Waals surface area contributed by atoms with E-state index in [4.69, 9.17) is 5.73 Å². The van der Waals surface area contributed by atoms with Crippen LogP contribution in [0.1, 0.15) is 12.0 Å². The molecule has 0 radical (unpaired) electrons. The minimum absolute atomic E-state index is 0.0466. The van der Waals surface area contributed by atoms with E-state index in [0.717, 1.165) is 0 Å². The lowest BCUT2D eigenvalue weighted by Gasteiger charge is -2.12. The van der Waals surface area contributed by atoms with Crippen molar-refractivity contribution in [1.82, 2.24) is 0 Å². The summed E-state index contributed by atoms with van der Waals surface area (Å²) in [6.07, 6.45) is -5.28. The van der Waals surface area contributed by atoms with E-state index in [1.165, 1.54) is 18.2 Å². The van der Waals surface area contributed by atoms with Crippen LogP contribution in [0.5, 0.6) is 0 Å². The van der Waals surface area contributed by atoms with Gasteiger partial charge in [-0.05, 0) is 11.6 Å². The molecule has 3 nitrogen and oxygen atoms in total. The molecule has 0 saturated carbocycles. The highest BCUT2D eigenvalue weighted by Gasteiger charge is 2.28. The van der Waals surface area contributed by atoms with E-state index >= 15 is 0 Å². The summed E-state index contributed by atoms with van der Waals surface area (Å²) in [7, 11) is 0. The van der Waals surface area contributed by atoms with Gasteiger partial charge >= 0.3 is 6.18 Å². The number of benzene rings is 1. The van der Waals surface area contributed by atoms with Crippen LogP contribution in [0.15, 0.2) is 24.3 Å². The Bertz CT molecular complexity index is 391. The van der Waals surface area contributed by atoms with Crippen LogP contribution in [0.25, 0.3) is 0 Å². The highest BCUT2D eigenvalue weighted by atomic mass is 19.4. The number of halogens is 3. The molecule has 0 heterocycles. The summed E-state index contributed by atoms with van der Waals surface area (Å²) >= 11 is 0. The van der Waals surface area contributed by atoms with Crippen molar-refractivity contribution in [3.63, 3.8) is 0 Å². The topological polar surface area (TPSA) is 55.1 Å². The van der Waals surface area contributed by atoms with Crippen molar-refractivity contribution in [3.05, 3.63) is 29.8 Å². The number of hydrogen-bond acceptors (Lipinski definition) is 2. The number of alkyl halides is 3. The highest BCUT2D eigenvalue weighted by Crippen LogP contribution is 2.25. The molecule has 0 aliphatic carbocycles. The van der Waals surface area contributed by atoms with Crippen LogP contribution >= 0.6 is 0 Å². The van der Waals surface area contributed by atoms with Crippen molar-refractivity contribution in [3.8, 4) is 0 Å². The van der Waals surface area contributed by atoms with Crippen molar-refractivity contribution < 1.29 is 18.0 Å². The number of nitrogens with two attached hydrogens (primary N) is 1. The number of anilines is 1. The van der Waals surface area contributed by atoms with Crippen LogP contribution in [0.3, 0.4) is 0 Å². The third kappa shape index (κ3) is 4.86. The molecule has 6 heteroatoms. The van der Waals surface area contributed by atoms with Gasteiger partial charge in [0.15, 0.2) is 0 Å². The third-order valence-electron chi connectivity index (χ3n) is 2.05. The number of amides is 1. The second-order valence-corrected chi connectivity index (χ2v) is 3.54. The minimum atomic E-state index is -4.30. The highest BCUT2D eigenvalue weighted by molar-refractivity contribution is 5.91. The number of nitrogens with one attached hydrogen (secondary N) is 1. The van der Waals surface area contributed by atoms with E-state index < -0.39 is 12.6 Å². The summed E-state index contributed by atoms with van der Waals surface area (Å²) in [4.78, 5) is 11.3. The normalized spacial score (nSPS) is 11.3. The second-order valence-electron chi connectivity index (χ2n) is 3.54. The Morgan fingerprint density at radius 2 is 1.94 bits per heavy atom. The first-order valence-corrected chi connectivity index (χ1v) is 5.07. The number of rotatable bonds is 4. The van der Waals surface area contributed by atoms with Crippen molar-refractivity contribution >= 4 is 11.6 Å². The maximum atomic E-state index is 12.3. The summed E-state index contributed by atoms with van der Waals surface area (Å²) in [6.45, 7) is 0.160. The van der Waals surface area contributed by atoms with Gasteiger partial charge in [0.05, 0.1) is 6.42 Å². The van der Waals surface area contributed by atoms with Gasteiger partial charge in [0.2, 0.25) is 5.91 Å². The van der Waals surface area contributed by atoms with Crippen molar-refractivity contribution in [2.24, 2.45) is 5.73 Å². The number of carbonyl (C=O) groups is 1. The molecule has 0 aliphatic heterocycles. The Labute approximate surface area is 96.8 Å². The molecule has 17 heavy (non-hydrogen) atoms. The molecule has 0 atom stereocenters. The summed E-state index contributed by atoms with van der Waals surface area (Å²) < 4.78 is 36.8. The van der Waals surface area contributed by atoms with Crippen LogP contribution in [-0.2, 0) is 11.2 Å². The SMILES string of the molecule is NCCC(=O)Nc1ccccc1CC(F)(F)F. The minimum Gasteiger partial charge on any atom is -0.330 e. The molecule has 0 fully saturated rings. The van der Waals surface area contributed by atoms with E-state index in [9.17, 15) is 18.0 Å². The molecule has 0 unspecified atom stereocenters. The maximum Gasteiger partial charge on any atom is 0.393 e. The van der Waals surface area contributed by atoms with E-state index in [-0.39, 0.29) is 30.1 Å². The van der Waals surface area contributed by atoms with Gasteiger partial charge < -0.3 is 11.1 Å². The fourth-order valence-corrected chi connectivity index (χ4v) is 1.36. The zero-order chi connectivity index (χ0) is 12.9. The fraction of sp³-hybridized carbons (Fsp3) is 0.364.